The highest BCUT2D eigenvalue weighted by Crippen LogP contribution is 2.20. The van der Waals surface area contributed by atoms with Gasteiger partial charge in [-0.15, -0.1) is 23.7 Å². The van der Waals surface area contributed by atoms with E-state index in [2.05, 4.69) is 11.0 Å². The van der Waals surface area contributed by atoms with Gasteiger partial charge in [0.25, 0.3) is 0 Å². The fraction of sp³-hybridized carbons (Fsp3) is 0.333. The SMILES string of the molecule is Cl.O=S(=O)(c1cccc(F)c1)N1CCN(Cc2cccs2)CC1. The number of benzene rings is 1. The third kappa shape index (κ3) is 4.30. The van der Waals surface area contributed by atoms with Crippen molar-refractivity contribution in [3.8, 4) is 0 Å². The summed E-state index contributed by atoms with van der Waals surface area (Å²) >= 11 is 1.71. The lowest BCUT2D eigenvalue weighted by molar-refractivity contribution is 0.183. The van der Waals surface area contributed by atoms with Crippen molar-refractivity contribution in [1.29, 1.82) is 0 Å². The van der Waals surface area contributed by atoms with Gasteiger partial charge in [0.05, 0.1) is 4.90 Å². The van der Waals surface area contributed by atoms with Crippen LogP contribution in [-0.4, -0.2) is 43.8 Å². The monoisotopic (exact) mass is 376 g/mol. The van der Waals surface area contributed by atoms with Gasteiger partial charge < -0.3 is 0 Å². The Bertz CT molecular complexity index is 730. The van der Waals surface area contributed by atoms with Crippen LogP contribution in [-0.2, 0) is 16.6 Å². The maximum Gasteiger partial charge on any atom is 0.243 e. The van der Waals surface area contributed by atoms with Gasteiger partial charge in [-0.1, -0.05) is 12.1 Å². The minimum absolute atomic E-state index is 0. The molecule has 126 valence electrons. The molecule has 4 nitrogen and oxygen atoms in total. The van der Waals surface area contributed by atoms with Crippen LogP contribution < -0.4 is 0 Å². The highest BCUT2D eigenvalue weighted by Gasteiger charge is 2.28. The molecule has 1 aromatic heterocycles. The molecule has 1 aliphatic rings. The number of thiophene rings is 1. The third-order valence-corrected chi connectivity index (χ3v) is 6.48. The van der Waals surface area contributed by atoms with Crippen LogP contribution in [0.1, 0.15) is 4.88 Å². The molecular weight excluding hydrogens is 359 g/mol. The lowest BCUT2D eigenvalue weighted by atomic mass is 10.3. The minimum atomic E-state index is -3.60. The predicted molar refractivity (Wildman–Crippen MR) is 92.0 cm³/mol. The van der Waals surface area contributed by atoms with Crippen LogP contribution in [0.4, 0.5) is 4.39 Å². The van der Waals surface area contributed by atoms with Crippen molar-refractivity contribution >= 4 is 33.8 Å². The van der Waals surface area contributed by atoms with Crippen LogP contribution >= 0.6 is 23.7 Å². The Morgan fingerprint density at radius 1 is 1.09 bits per heavy atom. The van der Waals surface area contributed by atoms with Gasteiger partial charge in [-0.3, -0.25) is 4.90 Å². The van der Waals surface area contributed by atoms with Gasteiger partial charge in [0.2, 0.25) is 10.0 Å². The van der Waals surface area contributed by atoms with Gasteiger partial charge in [-0.25, -0.2) is 12.8 Å². The van der Waals surface area contributed by atoms with Crippen LogP contribution in [0.5, 0.6) is 0 Å². The number of hydrogen-bond acceptors (Lipinski definition) is 4. The molecule has 0 aliphatic carbocycles. The second-order valence-electron chi connectivity index (χ2n) is 5.22. The molecule has 0 unspecified atom stereocenters. The smallest absolute Gasteiger partial charge is 0.243 e. The molecule has 0 spiro atoms. The van der Waals surface area contributed by atoms with Crippen molar-refractivity contribution in [3.05, 3.63) is 52.5 Å². The first kappa shape index (κ1) is 18.4. The van der Waals surface area contributed by atoms with E-state index in [1.54, 1.807) is 11.3 Å². The summed E-state index contributed by atoms with van der Waals surface area (Å²) < 4.78 is 39.7. The Balaban J connectivity index is 0.00000192. The van der Waals surface area contributed by atoms with Gasteiger partial charge in [0.1, 0.15) is 5.82 Å². The fourth-order valence-electron chi connectivity index (χ4n) is 2.53. The van der Waals surface area contributed by atoms with E-state index in [1.165, 1.54) is 27.4 Å². The molecule has 2 heterocycles. The summed E-state index contributed by atoms with van der Waals surface area (Å²) in [4.78, 5) is 3.55. The number of piperazine rings is 1. The quantitative estimate of drug-likeness (QED) is 0.823. The zero-order valence-corrected chi connectivity index (χ0v) is 14.8. The average Bonchev–Trinajstić information content (AvgIpc) is 3.01. The standard InChI is InChI=1S/C15H17FN2O2S2.ClH/c16-13-3-1-5-15(11-13)22(19,20)18-8-6-17(7-9-18)12-14-4-2-10-21-14;/h1-5,10-11H,6-9,12H2;1H. The van der Waals surface area contributed by atoms with Gasteiger partial charge in [0.15, 0.2) is 0 Å². The number of rotatable bonds is 4. The predicted octanol–water partition coefficient (Wildman–Crippen LogP) is 2.82. The zero-order valence-electron chi connectivity index (χ0n) is 12.4. The maximum absolute atomic E-state index is 13.2. The fourth-order valence-corrected chi connectivity index (χ4v) is 4.73. The van der Waals surface area contributed by atoms with Crippen molar-refractivity contribution in [2.45, 2.75) is 11.4 Å². The molecule has 2 aromatic rings. The summed E-state index contributed by atoms with van der Waals surface area (Å²) in [6, 6.07) is 9.29. The molecule has 1 aromatic carbocycles. The van der Waals surface area contributed by atoms with Gasteiger partial charge >= 0.3 is 0 Å². The second kappa shape index (κ2) is 7.72. The van der Waals surface area contributed by atoms with E-state index in [9.17, 15) is 12.8 Å². The van der Waals surface area contributed by atoms with Crippen LogP contribution in [0.15, 0.2) is 46.7 Å². The average molecular weight is 377 g/mol. The molecule has 8 heteroatoms. The molecule has 0 atom stereocenters. The lowest BCUT2D eigenvalue weighted by Crippen LogP contribution is -2.48. The minimum Gasteiger partial charge on any atom is -0.296 e. The van der Waals surface area contributed by atoms with E-state index in [-0.39, 0.29) is 17.3 Å². The molecule has 0 N–H and O–H groups in total. The number of nitrogens with zero attached hydrogens (tertiary/aromatic N) is 2. The molecule has 3 rings (SSSR count). The first-order chi connectivity index (χ1) is 10.6. The topological polar surface area (TPSA) is 40.6 Å². The highest BCUT2D eigenvalue weighted by atomic mass is 35.5. The Kier molecular flexibility index (Phi) is 6.16. The van der Waals surface area contributed by atoms with Crippen molar-refractivity contribution in [2.75, 3.05) is 26.2 Å². The Morgan fingerprint density at radius 2 is 1.83 bits per heavy atom. The summed E-state index contributed by atoms with van der Waals surface area (Å²) in [5.41, 5.74) is 0. The Hall–Kier alpha value is -0.990. The van der Waals surface area contributed by atoms with E-state index in [0.29, 0.717) is 26.2 Å². The molecule has 0 radical (unpaired) electrons. The number of sulfonamides is 1. The van der Waals surface area contributed by atoms with Crippen molar-refractivity contribution < 1.29 is 12.8 Å². The third-order valence-electron chi connectivity index (χ3n) is 3.72. The number of halogens is 2. The Labute approximate surface area is 146 Å². The molecule has 1 aliphatic heterocycles. The van der Waals surface area contributed by atoms with E-state index < -0.39 is 15.8 Å². The molecule has 1 saturated heterocycles. The molecule has 23 heavy (non-hydrogen) atoms. The van der Waals surface area contributed by atoms with Crippen LogP contribution in [0.3, 0.4) is 0 Å². The summed E-state index contributed by atoms with van der Waals surface area (Å²) in [5.74, 6) is -0.530. The van der Waals surface area contributed by atoms with Crippen molar-refractivity contribution in [1.82, 2.24) is 9.21 Å². The molecule has 0 bridgehead atoms. The van der Waals surface area contributed by atoms with E-state index in [0.717, 1.165) is 12.6 Å². The van der Waals surface area contributed by atoms with Crippen LogP contribution in [0, 0.1) is 5.82 Å². The van der Waals surface area contributed by atoms with E-state index >= 15 is 0 Å². The summed E-state index contributed by atoms with van der Waals surface area (Å²) in [5, 5.41) is 2.04. The molecule has 0 amide bonds. The summed E-state index contributed by atoms with van der Waals surface area (Å²) in [7, 11) is -3.60. The van der Waals surface area contributed by atoms with Gasteiger partial charge in [0, 0.05) is 37.6 Å². The normalized spacial score (nSPS) is 16.9. The lowest BCUT2D eigenvalue weighted by Gasteiger charge is -2.33. The Morgan fingerprint density at radius 3 is 2.43 bits per heavy atom. The largest absolute Gasteiger partial charge is 0.296 e. The van der Waals surface area contributed by atoms with E-state index in [1.807, 2.05) is 11.4 Å². The molecular formula is C15H18ClFN2O2S2. The van der Waals surface area contributed by atoms with E-state index in [4.69, 9.17) is 0 Å². The van der Waals surface area contributed by atoms with Crippen LogP contribution in [0.2, 0.25) is 0 Å². The number of hydrogen-bond donors (Lipinski definition) is 0. The van der Waals surface area contributed by atoms with Crippen molar-refractivity contribution in [2.24, 2.45) is 0 Å². The highest BCUT2D eigenvalue weighted by molar-refractivity contribution is 7.89. The van der Waals surface area contributed by atoms with Crippen LogP contribution in [0.25, 0.3) is 0 Å². The summed E-state index contributed by atoms with van der Waals surface area (Å²) in [6.45, 7) is 3.10. The zero-order chi connectivity index (χ0) is 15.6. The first-order valence-electron chi connectivity index (χ1n) is 7.06. The maximum atomic E-state index is 13.2. The summed E-state index contributed by atoms with van der Waals surface area (Å²) in [6.07, 6.45) is 0. The molecule has 1 fully saturated rings. The first-order valence-corrected chi connectivity index (χ1v) is 9.38. The van der Waals surface area contributed by atoms with Gasteiger partial charge in [-0.05, 0) is 29.6 Å². The molecule has 0 saturated carbocycles. The van der Waals surface area contributed by atoms with Gasteiger partial charge in [-0.2, -0.15) is 4.31 Å². The second-order valence-corrected chi connectivity index (χ2v) is 8.19. The van der Waals surface area contributed by atoms with Crippen molar-refractivity contribution in [3.63, 3.8) is 0 Å².